The van der Waals surface area contributed by atoms with Crippen molar-refractivity contribution in [1.82, 2.24) is 74.9 Å². The number of fused-ring (bicyclic) bond motifs is 1. The lowest BCUT2D eigenvalue weighted by molar-refractivity contribution is -0.122. The van der Waals surface area contributed by atoms with E-state index in [4.69, 9.17) is 60.6 Å². The third kappa shape index (κ3) is 31.2. The Hall–Kier alpha value is -13.0. The normalized spacial score (nSPS) is 12.4. The molecule has 0 radical (unpaired) electrons. The number of rotatable bonds is 52. The number of hydrogen-bond donors (Lipinski definition) is 12. The van der Waals surface area contributed by atoms with Crippen LogP contribution in [0.5, 0.6) is 11.5 Å². The maximum absolute atomic E-state index is 13.5. The quantitative estimate of drug-likeness (QED) is 0.0109. The molecule has 660 valence electrons. The van der Waals surface area contributed by atoms with Crippen LogP contribution in [0.15, 0.2) is 133 Å². The van der Waals surface area contributed by atoms with E-state index < -0.39 is 47.4 Å². The summed E-state index contributed by atoms with van der Waals surface area (Å²) >= 11 is 6.22. The highest BCUT2D eigenvalue weighted by molar-refractivity contribution is 6.31. The summed E-state index contributed by atoms with van der Waals surface area (Å²) in [6, 6.07) is 20.0. The Morgan fingerprint density at radius 3 is 1.67 bits per heavy atom. The lowest BCUT2D eigenvalue weighted by atomic mass is 9.99. The molecule has 0 saturated heterocycles. The maximum Gasteiger partial charge on any atom is 0.291 e. The van der Waals surface area contributed by atoms with E-state index in [0.29, 0.717) is 137 Å². The summed E-state index contributed by atoms with van der Waals surface area (Å²) in [4.78, 5) is 152. The Balaban J connectivity index is 0.570. The van der Waals surface area contributed by atoms with Crippen LogP contribution in [0, 0.1) is 10.8 Å². The van der Waals surface area contributed by atoms with Crippen LogP contribution in [-0.2, 0) is 80.6 Å². The molecule has 0 aliphatic carbocycles. The monoisotopic (exact) mass is 1720 g/mol. The van der Waals surface area contributed by atoms with Gasteiger partial charge in [-0.1, -0.05) is 30.3 Å². The molecule has 0 fully saturated rings. The number of aliphatic imine (C=N–C) groups is 1. The third-order valence-corrected chi connectivity index (χ3v) is 18.7. The van der Waals surface area contributed by atoms with Crippen molar-refractivity contribution in [2.45, 2.75) is 57.9 Å². The lowest BCUT2D eigenvalue weighted by Crippen LogP contribution is -2.41. The Bertz CT molecular complexity index is 4860. The van der Waals surface area contributed by atoms with Gasteiger partial charge in [-0.2, -0.15) is 0 Å². The van der Waals surface area contributed by atoms with E-state index in [1.165, 1.54) is 68.5 Å². The Labute approximate surface area is 716 Å². The molecule has 5 heterocycles. The first-order valence-electron chi connectivity index (χ1n) is 39.6. The highest BCUT2D eigenvalue weighted by Crippen LogP contribution is 2.34. The number of halogens is 1. The van der Waals surface area contributed by atoms with Gasteiger partial charge in [0.2, 0.25) is 41.2 Å². The second kappa shape index (κ2) is 49.7. The van der Waals surface area contributed by atoms with Gasteiger partial charge < -0.3 is 114 Å². The molecule has 40 nitrogen and oxygen atoms in total. The molecule has 12 N–H and O–H groups in total. The first-order valence-corrected chi connectivity index (χ1v) is 40.0. The molecular formula is C82H108ClN23O17. The molecule has 1 atom stereocenters. The van der Waals surface area contributed by atoms with Gasteiger partial charge >= 0.3 is 0 Å². The number of nitrogens with one attached hydrogen (secondary N) is 12. The van der Waals surface area contributed by atoms with Crippen molar-refractivity contribution in [3.05, 3.63) is 168 Å². The summed E-state index contributed by atoms with van der Waals surface area (Å²) in [6.45, 7) is 11.3. The number of imidazole rings is 3. The maximum atomic E-state index is 13.5. The fourth-order valence-electron chi connectivity index (χ4n) is 12.0. The Morgan fingerprint density at radius 2 is 1.10 bits per heavy atom. The van der Waals surface area contributed by atoms with Gasteiger partial charge in [-0.25, -0.2) is 15.0 Å². The number of aromatic nitrogens is 7. The largest absolute Gasteiger partial charge is 0.497 e. The van der Waals surface area contributed by atoms with Crippen molar-refractivity contribution in [2.24, 2.45) is 33.2 Å². The minimum atomic E-state index is -0.924. The smallest absolute Gasteiger partial charge is 0.291 e. The van der Waals surface area contributed by atoms with Gasteiger partial charge in [-0.3, -0.25) is 68.7 Å². The van der Waals surface area contributed by atoms with Crippen LogP contribution in [0.25, 0.3) is 0 Å². The number of benzene rings is 3. The van der Waals surface area contributed by atoms with Crippen LogP contribution in [0.1, 0.15) is 105 Å². The Morgan fingerprint density at radius 1 is 0.553 bits per heavy atom. The van der Waals surface area contributed by atoms with Gasteiger partial charge in [-0.15, -0.1) is 0 Å². The van der Waals surface area contributed by atoms with Crippen LogP contribution in [0.4, 0.5) is 28.7 Å². The molecule has 4 aromatic heterocycles. The number of anilines is 5. The summed E-state index contributed by atoms with van der Waals surface area (Å²) in [6.07, 6.45) is 11.1. The van der Waals surface area contributed by atoms with E-state index in [1.807, 2.05) is 19.2 Å². The number of amides is 10. The highest BCUT2D eigenvalue weighted by Gasteiger charge is 2.33. The number of benzodiazepines with no additional fused rings is 1. The number of amidine groups is 2. The summed E-state index contributed by atoms with van der Waals surface area (Å²) in [5.41, 5.74) is 3.55. The van der Waals surface area contributed by atoms with E-state index in [2.05, 4.69) is 79.6 Å². The second-order valence-corrected chi connectivity index (χ2v) is 28.3. The van der Waals surface area contributed by atoms with E-state index in [1.54, 1.807) is 107 Å². The van der Waals surface area contributed by atoms with Crippen LogP contribution in [-0.4, -0.2) is 265 Å². The molecule has 0 saturated carbocycles. The zero-order valence-electron chi connectivity index (χ0n) is 70.2. The molecule has 3 aromatic carbocycles. The third-order valence-electron chi connectivity index (χ3n) is 18.4. The van der Waals surface area contributed by atoms with Crippen molar-refractivity contribution < 1.29 is 81.1 Å². The summed E-state index contributed by atoms with van der Waals surface area (Å²) in [5, 5.41) is 45.3. The average molecular weight is 1720 g/mol. The van der Waals surface area contributed by atoms with E-state index in [-0.39, 0.29) is 128 Å². The topological polar surface area (TPSA) is 484 Å². The highest BCUT2D eigenvalue weighted by atomic mass is 35.5. The number of carbonyl (C=O) groups excluding carboxylic acids is 10. The van der Waals surface area contributed by atoms with Crippen molar-refractivity contribution in [3.63, 3.8) is 0 Å². The first kappa shape index (κ1) is 95.5. The molecule has 41 heteroatoms. The molecular weight excluding hydrogens is 1610 g/mol. The molecule has 1 aliphatic rings. The minimum absolute atomic E-state index is 0.0137. The molecule has 123 heavy (non-hydrogen) atoms. The van der Waals surface area contributed by atoms with Crippen LogP contribution >= 0.6 is 11.6 Å². The van der Waals surface area contributed by atoms with E-state index in [0.717, 1.165) is 24.7 Å². The van der Waals surface area contributed by atoms with Crippen LogP contribution in [0.2, 0.25) is 5.02 Å². The van der Waals surface area contributed by atoms with Gasteiger partial charge in [0, 0.05) is 153 Å². The predicted octanol–water partition coefficient (Wildman–Crippen LogP) is 4.34. The summed E-state index contributed by atoms with van der Waals surface area (Å²) in [5.74, 6) is -3.32. The summed E-state index contributed by atoms with van der Waals surface area (Å²) in [7, 11) is 11.4. The number of methoxy groups -OCH3 is 1. The van der Waals surface area contributed by atoms with E-state index >= 15 is 0 Å². The number of likely N-dealkylation sites (N-methyl/N-ethyl adjacent to an activating group) is 1. The number of aryl methyl sites for hydroxylation is 4. The van der Waals surface area contributed by atoms with Crippen molar-refractivity contribution >= 4 is 117 Å². The van der Waals surface area contributed by atoms with Gasteiger partial charge in [0.1, 0.15) is 47.2 Å². The van der Waals surface area contributed by atoms with Crippen molar-refractivity contribution in [2.75, 3.05) is 166 Å². The minimum Gasteiger partial charge on any atom is -0.497 e. The average Bonchev–Trinajstić information content (AvgIpc) is 1.64. The van der Waals surface area contributed by atoms with Crippen LogP contribution in [0.3, 0.4) is 0 Å². The van der Waals surface area contributed by atoms with Crippen LogP contribution < -0.4 is 67.5 Å². The number of ether oxygens (including phenoxy) is 7. The predicted molar refractivity (Wildman–Crippen MR) is 459 cm³/mol. The second-order valence-electron chi connectivity index (χ2n) is 27.9. The molecule has 0 bridgehead atoms. The van der Waals surface area contributed by atoms with Gasteiger partial charge in [0.05, 0.1) is 96.7 Å². The van der Waals surface area contributed by atoms with Crippen molar-refractivity contribution in [1.29, 1.82) is 10.8 Å². The lowest BCUT2D eigenvalue weighted by Gasteiger charge is -2.26. The first-order chi connectivity index (χ1) is 59.2. The Kier molecular flexibility index (Phi) is 38.6. The number of carbonyl (C=O) groups is 10. The molecule has 8 rings (SSSR count). The zero-order chi connectivity index (χ0) is 88.7. The molecule has 0 unspecified atom stereocenters. The number of hydrogen-bond acceptors (Lipinski definition) is 25. The van der Waals surface area contributed by atoms with Gasteiger partial charge in [0.15, 0.2) is 17.5 Å². The van der Waals surface area contributed by atoms with Gasteiger partial charge in [-0.05, 0) is 107 Å². The molecule has 0 spiro atoms. The fraction of sp³-hybridized carbons (Fsp3) is 0.415. The van der Waals surface area contributed by atoms with Crippen molar-refractivity contribution in [3.8, 4) is 11.5 Å². The standard InChI is InChI=1S/C82H108ClN23O17/c1-10-101(4)65(50-92-81(115)77-99-67(53-105(77)8)97-70(109)24-30-89-78(112)64-47-58(51-103(64)6)94-82(116)75-88-32-35-102(75)5)79(113)90-31-25-71(110)96-66-52-104(7)76(98-66)80(114)91-29-23-68(107)86-27-11-33-100(3)34-12-28-87-69(108)26-36-118-37-38-119-39-40-120-41-42-121-43-44-122-45-46-123-59-19-17-57(18-20-59)93-72(111)49-62-74(85)106(54(2)84)63-22-21-60(117-9)48-61(63)73(95-62)55-13-15-56(83)16-14-55/h10,13-22,32,35,47-48,50-53,62,84-85H,1,11-12,23-31,33-34,36-46,49H2,2-9H3,(H,86,107)(H,87,108)(H,89,112)(H,90,113)(H,91,114)(H,92,115)(H,93,111)(H,94,116)(H,96,110)(H,97,109)/b65-50-,84-54?,85-74?/t62-/m1/s1. The molecule has 1 aliphatic heterocycles. The molecule has 7 aromatic rings. The number of nitrogens with zero attached hydrogens (tertiary/aromatic N) is 11. The SMILES string of the molecule is C=CN(C)/C(=C\NC(=O)c1nc(NC(=O)CCNC(=O)c2cc(NC(=O)c3nccn3C)cn2C)cn1C)C(=O)NCCC(=O)Nc1cn(C)c(C(=O)NCCC(=O)NCCCN(C)CCCNC(=O)CCOCCOCCOCCOCCOCCOc2ccc(NC(=O)C[C@H]3N=C(c4ccc(Cl)cc4)c4cc(OC)ccc4N(C(C)=N)C3=N)cc2)n1. The fourth-order valence-corrected chi connectivity index (χ4v) is 12.2. The van der Waals surface area contributed by atoms with E-state index in [9.17, 15) is 47.9 Å². The zero-order valence-corrected chi connectivity index (χ0v) is 70.9. The summed E-state index contributed by atoms with van der Waals surface area (Å²) < 4.78 is 45.1. The van der Waals surface area contributed by atoms with Gasteiger partial charge in [0.25, 0.3) is 29.5 Å². The molecule has 10 amide bonds.